The molecule has 5 amide bonds. The number of carbonyl (C=O) groups is 5. The summed E-state index contributed by atoms with van der Waals surface area (Å²) < 4.78 is 39.7. The van der Waals surface area contributed by atoms with E-state index in [2.05, 4.69) is 25.7 Å². The monoisotopic (exact) mass is 774 g/mol. The average Bonchev–Trinajstić information content (AvgIpc) is 4.09. The predicted molar refractivity (Wildman–Crippen MR) is 198 cm³/mol. The van der Waals surface area contributed by atoms with Gasteiger partial charge < -0.3 is 30.3 Å². The van der Waals surface area contributed by atoms with Gasteiger partial charge in [0.2, 0.25) is 21.8 Å². The first-order chi connectivity index (χ1) is 26.4. The van der Waals surface area contributed by atoms with E-state index in [9.17, 15) is 32.4 Å². The molecule has 3 aliphatic carbocycles. The van der Waals surface area contributed by atoms with E-state index >= 15 is 0 Å². The molecule has 2 aromatic rings. The molecule has 6 aliphatic rings. The van der Waals surface area contributed by atoms with Crippen LogP contribution in [0.15, 0.2) is 54.9 Å². The Bertz CT molecular complexity index is 2030. The highest BCUT2D eigenvalue weighted by atomic mass is 32.2. The number of hydrogen-bond acceptors (Lipinski definition) is 10. The molecule has 0 radical (unpaired) electrons. The van der Waals surface area contributed by atoms with Crippen molar-refractivity contribution in [1.82, 2.24) is 30.6 Å². The molecule has 1 spiro atoms. The van der Waals surface area contributed by atoms with Crippen molar-refractivity contribution in [2.45, 2.75) is 99.5 Å². The number of allylic oxidation sites excluding steroid dienone is 1. The molecule has 3 aliphatic heterocycles. The molecule has 5 atom stereocenters. The summed E-state index contributed by atoms with van der Waals surface area (Å²) in [6.45, 7) is 0.368. The van der Waals surface area contributed by atoms with Crippen LogP contribution >= 0.6 is 0 Å². The second-order valence-electron chi connectivity index (χ2n) is 16.0. The van der Waals surface area contributed by atoms with Crippen molar-refractivity contribution >= 4 is 39.7 Å². The molecule has 1 aromatic carbocycles. The molecule has 1 aromatic heterocycles. The van der Waals surface area contributed by atoms with Gasteiger partial charge in [0.1, 0.15) is 30.0 Å². The van der Waals surface area contributed by atoms with Crippen LogP contribution in [-0.4, -0.2) is 96.7 Å². The van der Waals surface area contributed by atoms with Crippen LogP contribution < -0.4 is 25.4 Å². The summed E-state index contributed by atoms with van der Waals surface area (Å²) in [5.74, 6) is -2.28. The lowest BCUT2D eigenvalue weighted by atomic mass is 10.0. The third-order valence-corrected chi connectivity index (χ3v) is 13.5. The van der Waals surface area contributed by atoms with E-state index in [1.165, 1.54) is 11.1 Å². The first-order valence-electron chi connectivity index (χ1n) is 19.2. The van der Waals surface area contributed by atoms with Gasteiger partial charge in [0, 0.05) is 41.9 Å². The summed E-state index contributed by atoms with van der Waals surface area (Å²) in [4.78, 5) is 75.2. The van der Waals surface area contributed by atoms with Gasteiger partial charge in [-0.1, -0.05) is 37.1 Å². The molecule has 3 saturated carbocycles. The van der Waals surface area contributed by atoms with E-state index in [1.807, 2.05) is 36.4 Å². The van der Waals surface area contributed by atoms with Crippen LogP contribution in [0, 0.1) is 11.3 Å². The van der Waals surface area contributed by atoms with Crippen molar-refractivity contribution in [1.29, 1.82) is 0 Å². The van der Waals surface area contributed by atoms with Gasteiger partial charge in [0.25, 0.3) is 11.8 Å². The summed E-state index contributed by atoms with van der Waals surface area (Å²) in [6, 6.07) is 6.29. The SMILES string of the molecule is O=C1N[C@H]2CCCCC/C=C\[C@@H]3CC3(C(=O)NS(=O)(=O)C3CC3)NC(=O)[C@@H]3C[C@H](CN3C2=O)NC(=O)c2cncc(c2)-c2cccc(c2)OCC2(CC2)CO1. The van der Waals surface area contributed by atoms with Gasteiger partial charge in [0.15, 0.2) is 0 Å². The molecular weight excluding hydrogens is 729 g/mol. The number of amides is 5. The molecule has 15 nitrogen and oxygen atoms in total. The van der Waals surface area contributed by atoms with Crippen LogP contribution in [-0.2, 0) is 29.1 Å². The standard InChI is InChI=1S/C39H46N6O9S/c46-33-26-15-25(19-40-20-26)24-7-6-9-29(16-24)53-22-38(13-14-38)23-54-37(50)42-31-10-5-3-1-2-4-8-27-18-39(27,36(49)44-55(51,52)30-11-12-30)43-34(47)32-17-28(41-33)21-45(32)35(31)48/h4,6-9,15-16,19-20,27-28,30-32H,1-3,5,10-14,17-18,21-23H2,(H,41,46)(H,42,50)(H,43,47)(H,44,49)/b8-4-/t27-,28-,31+,32+,39?/m1/s1. The van der Waals surface area contributed by atoms with Crippen molar-refractivity contribution in [3.05, 3.63) is 60.4 Å². The third-order valence-electron chi connectivity index (χ3n) is 11.7. The summed E-state index contributed by atoms with van der Waals surface area (Å²) in [5.41, 5.74) is -0.142. The minimum atomic E-state index is -3.91. The van der Waals surface area contributed by atoms with E-state index in [0.29, 0.717) is 43.6 Å². The molecule has 8 rings (SSSR count). The summed E-state index contributed by atoms with van der Waals surface area (Å²) in [6.07, 6.45) is 11.9. The molecule has 1 unspecified atom stereocenters. The number of carbonyl (C=O) groups excluding carboxylic acids is 5. The second-order valence-corrected chi connectivity index (χ2v) is 17.9. The zero-order valence-electron chi connectivity index (χ0n) is 30.5. The van der Waals surface area contributed by atoms with Gasteiger partial charge >= 0.3 is 6.09 Å². The molecule has 4 N–H and O–H groups in total. The molecule has 292 valence electrons. The number of fused-ring (bicyclic) bond motifs is 8. The Morgan fingerprint density at radius 1 is 0.927 bits per heavy atom. The Labute approximate surface area is 319 Å². The summed E-state index contributed by atoms with van der Waals surface area (Å²) >= 11 is 0. The number of hydrogen-bond donors (Lipinski definition) is 4. The zero-order chi connectivity index (χ0) is 38.4. The Kier molecular flexibility index (Phi) is 9.80. The van der Waals surface area contributed by atoms with Gasteiger partial charge in [0.05, 0.1) is 17.4 Å². The van der Waals surface area contributed by atoms with Crippen LogP contribution in [0.4, 0.5) is 4.79 Å². The number of alkyl carbamates (subject to hydrolysis) is 1. The Morgan fingerprint density at radius 2 is 1.73 bits per heavy atom. The highest BCUT2D eigenvalue weighted by Gasteiger charge is 2.62. The highest BCUT2D eigenvalue weighted by Crippen LogP contribution is 2.47. The Balaban J connectivity index is 1.11. The number of aromatic nitrogens is 1. The van der Waals surface area contributed by atoms with E-state index in [0.717, 1.165) is 31.2 Å². The predicted octanol–water partition coefficient (Wildman–Crippen LogP) is 2.72. The number of sulfonamides is 1. The quantitative estimate of drug-likeness (QED) is 0.336. The molecule has 4 heterocycles. The van der Waals surface area contributed by atoms with E-state index in [-0.39, 0.29) is 43.4 Å². The first-order valence-corrected chi connectivity index (χ1v) is 20.8. The molecule has 1 saturated heterocycles. The van der Waals surface area contributed by atoms with Gasteiger partial charge in [-0.05, 0) is 81.5 Å². The average molecular weight is 775 g/mol. The largest absolute Gasteiger partial charge is 0.493 e. The highest BCUT2D eigenvalue weighted by molar-refractivity contribution is 7.91. The van der Waals surface area contributed by atoms with Gasteiger partial charge in [-0.15, -0.1) is 0 Å². The third kappa shape index (κ3) is 8.05. The van der Waals surface area contributed by atoms with Gasteiger partial charge in [-0.3, -0.25) is 28.9 Å². The summed E-state index contributed by atoms with van der Waals surface area (Å²) in [5, 5.41) is 7.94. The van der Waals surface area contributed by atoms with Crippen molar-refractivity contribution in [3.63, 3.8) is 0 Å². The maximum atomic E-state index is 14.5. The molecule has 4 fully saturated rings. The smallest absolute Gasteiger partial charge is 0.407 e. The number of cyclic esters (lactones) is 1. The van der Waals surface area contributed by atoms with Gasteiger partial charge in [-0.2, -0.15) is 0 Å². The van der Waals surface area contributed by atoms with Crippen LogP contribution in [0.25, 0.3) is 11.1 Å². The zero-order valence-corrected chi connectivity index (χ0v) is 31.3. The topological polar surface area (TPSA) is 202 Å². The van der Waals surface area contributed by atoms with Gasteiger partial charge in [-0.25, -0.2) is 13.2 Å². The van der Waals surface area contributed by atoms with Crippen LogP contribution in [0.2, 0.25) is 0 Å². The summed E-state index contributed by atoms with van der Waals surface area (Å²) in [7, 11) is -3.91. The number of benzene rings is 1. The Morgan fingerprint density at radius 3 is 2.53 bits per heavy atom. The minimum Gasteiger partial charge on any atom is -0.493 e. The van der Waals surface area contributed by atoms with E-state index < -0.39 is 74.6 Å². The molecule has 55 heavy (non-hydrogen) atoms. The first kappa shape index (κ1) is 37.0. The lowest BCUT2D eigenvalue weighted by Crippen LogP contribution is -2.58. The normalized spacial score (nSPS) is 30.1. The van der Waals surface area contributed by atoms with E-state index in [1.54, 1.807) is 12.3 Å². The fourth-order valence-electron chi connectivity index (χ4n) is 7.81. The fraction of sp³-hybridized carbons (Fsp3) is 0.538. The van der Waals surface area contributed by atoms with Crippen LogP contribution in [0.3, 0.4) is 0 Å². The molecule has 7 bridgehead atoms. The fourth-order valence-corrected chi connectivity index (χ4v) is 9.17. The second kappa shape index (κ2) is 14.6. The number of rotatable bonds is 3. The Hall–Kier alpha value is -4.99. The number of pyridine rings is 1. The van der Waals surface area contributed by atoms with Crippen molar-refractivity contribution in [2.75, 3.05) is 19.8 Å². The minimum absolute atomic E-state index is 0.00802. The van der Waals surface area contributed by atoms with E-state index in [4.69, 9.17) is 9.47 Å². The molecular formula is C39H46N6O9S. The molecule has 16 heteroatoms. The van der Waals surface area contributed by atoms with Crippen molar-refractivity contribution in [3.8, 4) is 16.9 Å². The lowest BCUT2D eigenvalue weighted by molar-refractivity contribution is -0.141. The lowest BCUT2D eigenvalue weighted by Gasteiger charge is -2.30. The van der Waals surface area contributed by atoms with Crippen molar-refractivity contribution in [2.24, 2.45) is 11.3 Å². The maximum absolute atomic E-state index is 14.5. The van der Waals surface area contributed by atoms with Crippen LogP contribution in [0.1, 0.15) is 81.0 Å². The number of nitrogens with zero attached hydrogens (tertiary/aromatic N) is 2. The van der Waals surface area contributed by atoms with Crippen LogP contribution in [0.5, 0.6) is 5.75 Å². The maximum Gasteiger partial charge on any atom is 0.407 e. The number of ether oxygens (including phenoxy) is 2. The number of nitrogens with one attached hydrogen (secondary N) is 4. The van der Waals surface area contributed by atoms with Crippen molar-refractivity contribution < 1.29 is 41.9 Å².